The van der Waals surface area contributed by atoms with Crippen LogP contribution in [0.3, 0.4) is 0 Å². The minimum atomic E-state index is 0.181. The maximum atomic E-state index is 7.45. The van der Waals surface area contributed by atoms with Crippen molar-refractivity contribution in [1.82, 2.24) is 5.73 Å². The SMILES string of the molecule is CCC(C)CC([NH])CC. The summed E-state index contributed by atoms with van der Waals surface area (Å²) in [6.45, 7) is 6.49. The second kappa shape index (κ2) is 4.80. The van der Waals surface area contributed by atoms with Crippen LogP contribution in [0.25, 0.3) is 0 Å². The summed E-state index contributed by atoms with van der Waals surface area (Å²) < 4.78 is 0. The molecule has 0 saturated heterocycles. The fourth-order valence-electron chi connectivity index (χ4n) is 0.819. The fourth-order valence-corrected chi connectivity index (χ4v) is 0.819. The monoisotopic (exact) mass is 128 g/mol. The van der Waals surface area contributed by atoms with Crippen molar-refractivity contribution in [3.05, 3.63) is 0 Å². The van der Waals surface area contributed by atoms with Crippen molar-refractivity contribution >= 4 is 0 Å². The molecule has 1 radical (unpaired) electrons. The maximum absolute atomic E-state index is 7.45. The van der Waals surface area contributed by atoms with Gasteiger partial charge < -0.3 is 0 Å². The van der Waals surface area contributed by atoms with E-state index in [4.69, 9.17) is 5.73 Å². The van der Waals surface area contributed by atoms with E-state index in [9.17, 15) is 0 Å². The molecule has 0 spiro atoms. The van der Waals surface area contributed by atoms with Gasteiger partial charge in [0.05, 0.1) is 0 Å². The molecule has 0 aromatic rings. The standard InChI is InChI=1S/C8H18N/c1-4-7(3)6-8(9)5-2/h7-9H,4-6H2,1-3H3. The molecule has 9 heavy (non-hydrogen) atoms. The predicted octanol–water partition coefficient (Wildman–Crippen LogP) is 2.48. The molecule has 1 nitrogen and oxygen atoms in total. The second-order valence-corrected chi connectivity index (χ2v) is 2.85. The van der Waals surface area contributed by atoms with Crippen molar-refractivity contribution in [2.75, 3.05) is 0 Å². The third-order valence-corrected chi connectivity index (χ3v) is 1.88. The highest BCUT2D eigenvalue weighted by molar-refractivity contribution is 4.61. The molecule has 0 aliphatic rings. The predicted molar refractivity (Wildman–Crippen MR) is 41.2 cm³/mol. The molecule has 2 unspecified atom stereocenters. The number of hydrogen-bond acceptors (Lipinski definition) is 0. The van der Waals surface area contributed by atoms with Crippen molar-refractivity contribution in [1.29, 1.82) is 0 Å². The van der Waals surface area contributed by atoms with Gasteiger partial charge >= 0.3 is 0 Å². The van der Waals surface area contributed by atoms with Gasteiger partial charge in [-0.3, -0.25) is 5.73 Å². The Balaban J connectivity index is 3.22. The van der Waals surface area contributed by atoms with Gasteiger partial charge in [-0.2, -0.15) is 0 Å². The summed E-state index contributed by atoms with van der Waals surface area (Å²) in [5.74, 6) is 0.743. The zero-order chi connectivity index (χ0) is 7.28. The van der Waals surface area contributed by atoms with Gasteiger partial charge in [-0.05, 0) is 18.8 Å². The maximum Gasteiger partial charge on any atom is 0.0212 e. The topological polar surface area (TPSA) is 23.8 Å². The van der Waals surface area contributed by atoms with E-state index in [0.717, 1.165) is 18.8 Å². The zero-order valence-electron chi connectivity index (χ0n) is 6.78. The van der Waals surface area contributed by atoms with Crippen LogP contribution in [-0.4, -0.2) is 6.04 Å². The molecule has 1 N–H and O–H groups in total. The molecule has 0 aliphatic heterocycles. The van der Waals surface area contributed by atoms with Crippen molar-refractivity contribution in [3.8, 4) is 0 Å². The van der Waals surface area contributed by atoms with E-state index in [0.29, 0.717) is 0 Å². The number of rotatable bonds is 4. The smallest absolute Gasteiger partial charge is 0.0212 e. The van der Waals surface area contributed by atoms with E-state index >= 15 is 0 Å². The normalized spacial score (nSPS) is 17.3. The van der Waals surface area contributed by atoms with E-state index in [-0.39, 0.29) is 6.04 Å². The third-order valence-electron chi connectivity index (χ3n) is 1.88. The summed E-state index contributed by atoms with van der Waals surface area (Å²) in [7, 11) is 0. The van der Waals surface area contributed by atoms with Crippen LogP contribution in [-0.2, 0) is 0 Å². The first-order chi connectivity index (χ1) is 4.20. The molecule has 0 fully saturated rings. The van der Waals surface area contributed by atoms with Gasteiger partial charge in [-0.25, -0.2) is 0 Å². The molecular weight excluding hydrogens is 110 g/mol. The van der Waals surface area contributed by atoms with Crippen LogP contribution in [0.4, 0.5) is 0 Å². The Morgan fingerprint density at radius 1 is 1.22 bits per heavy atom. The molecule has 0 aliphatic carbocycles. The fraction of sp³-hybridized carbons (Fsp3) is 1.00. The molecule has 1 heteroatoms. The molecule has 55 valence electrons. The van der Waals surface area contributed by atoms with E-state index < -0.39 is 0 Å². The molecule has 0 heterocycles. The highest BCUT2D eigenvalue weighted by Crippen LogP contribution is 2.10. The average molecular weight is 128 g/mol. The van der Waals surface area contributed by atoms with Gasteiger partial charge in [0.1, 0.15) is 0 Å². The Labute approximate surface area is 58.6 Å². The summed E-state index contributed by atoms with van der Waals surface area (Å²) in [4.78, 5) is 0. The molecule has 0 saturated carbocycles. The molecule has 0 rings (SSSR count). The first kappa shape index (κ1) is 8.96. The Morgan fingerprint density at radius 3 is 2.11 bits per heavy atom. The van der Waals surface area contributed by atoms with Crippen LogP contribution in [0, 0.1) is 5.92 Å². The lowest BCUT2D eigenvalue weighted by atomic mass is 9.99. The van der Waals surface area contributed by atoms with Gasteiger partial charge in [0.2, 0.25) is 0 Å². The first-order valence-electron chi connectivity index (χ1n) is 3.91. The summed E-state index contributed by atoms with van der Waals surface area (Å²) in [5, 5.41) is 0. The summed E-state index contributed by atoms with van der Waals surface area (Å²) in [6.07, 6.45) is 3.30. The van der Waals surface area contributed by atoms with Crippen LogP contribution < -0.4 is 5.73 Å². The van der Waals surface area contributed by atoms with E-state index in [1.54, 1.807) is 0 Å². The van der Waals surface area contributed by atoms with Gasteiger partial charge in [0.15, 0.2) is 0 Å². The van der Waals surface area contributed by atoms with Gasteiger partial charge in [-0.15, -0.1) is 0 Å². The summed E-state index contributed by atoms with van der Waals surface area (Å²) >= 11 is 0. The Bertz CT molecular complexity index is 53.6. The van der Waals surface area contributed by atoms with Crippen LogP contribution >= 0.6 is 0 Å². The third kappa shape index (κ3) is 4.46. The molecule has 0 bridgehead atoms. The van der Waals surface area contributed by atoms with Gasteiger partial charge in [0, 0.05) is 6.04 Å². The molecule has 0 aromatic carbocycles. The number of hydrogen-bond donors (Lipinski definition) is 0. The minimum absolute atomic E-state index is 0.181. The van der Waals surface area contributed by atoms with Gasteiger partial charge in [-0.1, -0.05) is 27.2 Å². The second-order valence-electron chi connectivity index (χ2n) is 2.85. The van der Waals surface area contributed by atoms with Crippen molar-refractivity contribution in [2.45, 2.75) is 46.1 Å². The number of nitrogens with one attached hydrogen (secondary N) is 1. The molecular formula is C8H18N. The van der Waals surface area contributed by atoms with E-state index in [1.807, 2.05) is 0 Å². The van der Waals surface area contributed by atoms with Crippen LogP contribution in [0.15, 0.2) is 0 Å². The summed E-state index contributed by atoms with van der Waals surface area (Å²) in [6, 6.07) is 0.181. The first-order valence-corrected chi connectivity index (χ1v) is 3.91. The van der Waals surface area contributed by atoms with Crippen LogP contribution in [0.2, 0.25) is 0 Å². The van der Waals surface area contributed by atoms with Crippen molar-refractivity contribution in [2.24, 2.45) is 5.92 Å². The largest absolute Gasteiger partial charge is 0.255 e. The van der Waals surface area contributed by atoms with Crippen molar-refractivity contribution in [3.63, 3.8) is 0 Å². The highest BCUT2D eigenvalue weighted by Gasteiger charge is 2.04. The Kier molecular flexibility index (Phi) is 4.78. The zero-order valence-corrected chi connectivity index (χ0v) is 6.78. The van der Waals surface area contributed by atoms with Gasteiger partial charge in [0.25, 0.3) is 0 Å². The summed E-state index contributed by atoms with van der Waals surface area (Å²) in [5.41, 5.74) is 7.45. The minimum Gasteiger partial charge on any atom is -0.255 e. The molecule has 0 aromatic heterocycles. The lowest BCUT2D eigenvalue weighted by Gasteiger charge is -2.11. The Hall–Kier alpha value is -0.0400. The van der Waals surface area contributed by atoms with Crippen LogP contribution in [0.5, 0.6) is 0 Å². The quantitative estimate of drug-likeness (QED) is 0.555. The Morgan fingerprint density at radius 2 is 1.78 bits per heavy atom. The lowest BCUT2D eigenvalue weighted by molar-refractivity contribution is 0.438. The highest BCUT2D eigenvalue weighted by atomic mass is 14.6. The van der Waals surface area contributed by atoms with E-state index in [2.05, 4.69) is 20.8 Å². The van der Waals surface area contributed by atoms with Crippen molar-refractivity contribution < 1.29 is 0 Å². The lowest BCUT2D eigenvalue weighted by Crippen LogP contribution is -2.11. The average Bonchev–Trinajstić information content (AvgIpc) is 1.87. The van der Waals surface area contributed by atoms with Crippen LogP contribution in [0.1, 0.15) is 40.0 Å². The molecule has 0 amide bonds. The van der Waals surface area contributed by atoms with E-state index in [1.165, 1.54) is 6.42 Å². The molecule has 2 atom stereocenters.